The van der Waals surface area contributed by atoms with Crippen LogP contribution in [0.5, 0.6) is 5.75 Å². The van der Waals surface area contributed by atoms with E-state index in [0.29, 0.717) is 11.3 Å². The van der Waals surface area contributed by atoms with Crippen LogP contribution in [-0.2, 0) is 16.1 Å². The number of pyridine rings is 1. The summed E-state index contributed by atoms with van der Waals surface area (Å²) >= 11 is 0. The lowest BCUT2D eigenvalue weighted by Gasteiger charge is -2.25. The first kappa shape index (κ1) is 21.2. The van der Waals surface area contributed by atoms with E-state index in [0.717, 1.165) is 5.56 Å². The van der Waals surface area contributed by atoms with Crippen molar-refractivity contribution in [3.05, 3.63) is 101 Å². The minimum Gasteiger partial charge on any atom is -0.507 e. The molecule has 32 heavy (non-hydrogen) atoms. The lowest BCUT2D eigenvalue weighted by Crippen LogP contribution is -2.29. The molecule has 1 aliphatic heterocycles. The number of likely N-dealkylation sites (tertiary alicyclic amines) is 1. The molecule has 1 aromatic heterocycles. The van der Waals surface area contributed by atoms with Crippen molar-refractivity contribution in [2.24, 2.45) is 0 Å². The predicted octanol–water partition coefficient (Wildman–Crippen LogP) is 4.16. The van der Waals surface area contributed by atoms with E-state index in [-0.39, 0.29) is 23.2 Å². The van der Waals surface area contributed by atoms with Gasteiger partial charge in [-0.25, -0.2) is 4.39 Å². The Hall–Kier alpha value is -4.00. The van der Waals surface area contributed by atoms with E-state index < -0.39 is 29.3 Å². The van der Waals surface area contributed by atoms with Gasteiger partial charge in [0.1, 0.15) is 17.3 Å². The van der Waals surface area contributed by atoms with Gasteiger partial charge in [0.05, 0.1) is 24.3 Å². The highest BCUT2D eigenvalue weighted by Gasteiger charge is 2.47. The monoisotopic (exact) mass is 432 g/mol. The van der Waals surface area contributed by atoms with Gasteiger partial charge in [0.25, 0.3) is 11.7 Å². The lowest BCUT2D eigenvalue weighted by atomic mass is 9.94. The van der Waals surface area contributed by atoms with Gasteiger partial charge in [0.15, 0.2) is 0 Å². The summed E-state index contributed by atoms with van der Waals surface area (Å²) in [4.78, 5) is 31.4. The number of halogens is 1. The molecule has 1 amide bonds. The Morgan fingerprint density at radius 3 is 2.62 bits per heavy atom. The maximum Gasteiger partial charge on any atom is 0.295 e. The van der Waals surface area contributed by atoms with Crippen LogP contribution < -0.4 is 4.74 Å². The van der Waals surface area contributed by atoms with Crippen LogP contribution in [0.4, 0.5) is 4.39 Å². The molecule has 1 unspecified atom stereocenters. The zero-order valence-corrected chi connectivity index (χ0v) is 17.6. The molecular formula is C25H21FN2O4. The van der Waals surface area contributed by atoms with Gasteiger partial charge in [-0.15, -0.1) is 0 Å². The number of rotatable bonds is 5. The lowest BCUT2D eigenvalue weighted by molar-refractivity contribution is -0.140. The molecule has 7 heteroatoms. The molecule has 6 nitrogen and oxygen atoms in total. The topological polar surface area (TPSA) is 79.7 Å². The fourth-order valence-corrected chi connectivity index (χ4v) is 3.90. The number of aromatic nitrogens is 1. The Labute approximate surface area is 184 Å². The molecule has 0 saturated carbocycles. The van der Waals surface area contributed by atoms with E-state index >= 15 is 0 Å². The van der Waals surface area contributed by atoms with Crippen LogP contribution in [0.15, 0.2) is 72.6 Å². The first-order chi connectivity index (χ1) is 15.4. The number of aliphatic hydroxyl groups is 1. The first-order valence-electron chi connectivity index (χ1n) is 9.99. The number of nitrogens with zero attached hydrogens (tertiary/aromatic N) is 2. The highest BCUT2D eigenvalue weighted by Crippen LogP contribution is 2.42. The van der Waals surface area contributed by atoms with Crippen LogP contribution in [0, 0.1) is 12.7 Å². The van der Waals surface area contributed by atoms with Gasteiger partial charge in [0, 0.05) is 24.5 Å². The van der Waals surface area contributed by atoms with E-state index in [2.05, 4.69) is 4.98 Å². The van der Waals surface area contributed by atoms with Gasteiger partial charge in [-0.1, -0.05) is 35.9 Å². The van der Waals surface area contributed by atoms with E-state index in [1.54, 1.807) is 48.8 Å². The third-order valence-corrected chi connectivity index (χ3v) is 5.43. The number of Topliss-reactive ketones (excluding diaryl/α,β-unsaturated/α-hetero) is 1. The van der Waals surface area contributed by atoms with Crippen molar-refractivity contribution in [1.82, 2.24) is 9.88 Å². The Balaban J connectivity index is 1.93. The number of hydrogen-bond acceptors (Lipinski definition) is 5. The smallest absolute Gasteiger partial charge is 0.295 e. The normalized spacial score (nSPS) is 17.6. The average Bonchev–Trinajstić information content (AvgIpc) is 3.04. The van der Waals surface area contributed by atoms with Crippen molar-refractivity contribution in [2.75, 3.05) is 7.11 Å². The van der Waals surface area contributed by atoms with Crippen molar-refractivity contribution < 1.29 is 23.8 Å². The second kappa shape index (κ2) is 8.63. The number of aryl methyl sites for hydroxylation is 1. The largest absolute Gasteiger partial charge is 0.507 e. The standard InChI is InChI=1S/C25H21FN2O4/c1-15-9-10-20(32-2)18(12-15)23(29)21-22(17-7-3-4-8-19(17)26)28(25(31)24(21)30)14-16-6-5-11-27-13-16/h3-13,22,29H,14H2,1-2H3/b23-21+. The molecule has 0 aliphatic carbocycles. The maximum absolute atomic E-state index is 14.9. The number of hydrogen-bond donors (Lipinski definition) is 1. The van der Waals surface area contributed by atoms with Crippen LogP contribution in [-0.4, -0.2) is 33.8 Å². The van der Waals surface area contributed by atoms with E-state index in [9.17, 15) is 19.1 Å². The van der Waals surface area contributed by atoms with E-state index in [4.69, 9.17) is 4.74 Å². The van der Waals surface area contributed by atoms with Gasteiger partial charge in [-0.3, -0.25) is 14.6 Å². The zero-order valence-electron chi connectivity index (χ0n) is 17.6. The molecule has 1 N–H and O–H groups in total. The predicted molar refractivity (Wildman–Crippen MR) is 116 cm³/mol. The number of methoxy groups -OCH3 is 1. The Kier molecular flexibility index (Phi) is 5.73. The summed E-state index contributed by atoms with van der Waals surface area (Å²) in [6.07, 6.45) is 3.16. The molecule has 1 atom stereocenters. The third kappa shape index (κ3) is 3.73. The first-order valence-corrected chi connectivity index (χ1v) is 9.99. The molecule has 162 valence electrons. The summed E-state index contributed by atoms with van der Waals surface area (Å²) in [5.41, 5.74) is 1.67. The molecule has 1 saturated heterocycles. The summed E-state index contributed by atoms with van der Waals surface area (Å²) < 4.78 is 20.2. The summed E-state index contributed by atoms with van der Waals surface area (Å²) in [6, 6.07) is 13.4. The SMILES string of the molecule is COc1ccc(C)cc1/C(O)=C1\C(=O)C(=O)N(Cc2cccnc2)C1c1ccccc1F. The van der Waals surface area contributed by atoms with Gasteiger partial charge < -0.3 is 14.7 Å². The molecule has 0 bridgehead atoms. The van der Waals surface area contributed by atoms with Crippen LogP contribution in [0.3, 0.4) is 0 Å². The quantitative estimate of drug-likeness (QED) is 0.372. The van der Waals surface area contributed by atoms with Crippen LogP contribution in [0.2, 0.25) is 0 Å². The Morgan fingerprint density at radius 2 is 1.94 bits per heavy atom. The summed E-state index contributed by atoms with van der Waals surface area (Å²) in [7, 11) is 1.44. The third-order valence-electron chi connectivity index (χ3n) is 5.43. The Morgan fingerprint density at radius 1 is 1.16 bits per heavy atom. The van der Waals surface area contributed by atoms with E-state index in [1.807, 2.05) is 6.92 Å². The van der Waals surface area contributed by atoms with Gasteiger partial charge >= 0.3 is 0 Å². The molecule has 1 fully saturated rings. The number of ketones is 1. The van der Waals surface area contributed by atoms with Crippen LogP contribution in [0.25, 0.3) is 5.76 Å². The van der Waals surface area contributed by atoms with Crippen LogP contribution in [0.1, 0.15) is 28.3 Å². The number of carbonyl (C=O) groups excluding carboxylic acids is 2. The highest BCUT2D eigenvalue weighted by atomic mass is 19.1. The average molecular weight is 432 g/mol. The number of amides is 1. The van der Waals surface area contributed by atoms with Crippen molar-refractivity contribution >= 4 is 17.4 Å². The summed E-state index contributed by atoms with van der Waals surface area (Å²) in [5, 5.41) is 11.2. The minimum atomic E-state index is -1.11. The minimum absolute atomic E-state index is 0.0269. The van der Waals surface area contributed by atoms with Crippen molar-refractivity contribution in [3.63, 3.8) is 0 Å². The maximum atomic E-state index is 14.9. The fourth-order valence-electron chi connectivity index (χ4n) is 3.90. The molecule has 1 aliphatic rings. The summed E-state index contributed by atoms with van der Waals surface area (Å²) in [6.45, 7) is 1.85. The van der Waals surface area contributed by atoms with Gasteiger partial charge in [-0.05, 0) is 36.8 Å². The van der Waals surface area contributed by atoms with E-state index in [1.165, 1.54) is 30.2 Å². The van der Waals surface area contributed by atoms with Crippen molar-refractivity contribution in [1.29, 1.82) is 0 Å². The second-order valence-electron chi connectivity index (χ2n) is 7.51. The fraction of sp³-hybridized carbons (Fsp3) is 0.160. The Bertz CT molecular complexity index is 1220. The highest BCUT2D eigenvalue weighted by molar-refractivity contribution is 6.46. The number of benzene rings is 2. The molecule has 2 aromatic carbocycles. The number of carbonyl (C=O) groups is 2. The summed E-state index contributed by atoms with van der Waals surface area (Å²) in [5.74, 6) is -2.37. The molecule has 0 radical (unpaired) electrons. The molecule has 2 heterocycles. The molecule has 0 spiro atoms. The number of aliphatic hydroxyl groups excluding tert-OH is 1. The molecule has 3 aromatic rings. The number of ether oxygens (including phenoxy) is 1. The van der Waals surface area contributed by atoms with Crippen molar-refractivity contribution in [3.8, 4) is 5.75 Å². The van der Waals surface area contributed by atoms with Gasteiger partial charge in [-0.2, -0.15) is 0 Å². The molecular weight excluding hydrogens is 411 g/mol. The van der Waals surface area contributed by atoms with Crippen LogP contribution >= 0.6 is 0 Å². The molecule has 4 rings (SSSR count). The van der Waals surface area contributed by atoms with Crippen molar-refractivity contribution in [2.45, 2.75) is 19.5 Å². The van der Waals surface area contributed by atoms with Gasteiger partial charge in [0.2, 0.25) is 0 Å². The second-order valence-corrected chi connectivity index (χ2v) is 7.51. The zero-order chi connectivity index (χ0) is 22.8.